The number of H-pyrrole nitrogens is 1. The zero-order valence-electron chi connectivity index (χ0n) is 16.9. The van der Waals surface area contributed by atoms with Crippen LogP contribution in [0.1, 0.15) is 57.6 Å². The molecule has 0 saturated heterocycles. The monoisotopic (exact) mass is 413 g/mol. The molecule has 0 saturated carbocycles. The molecule has 0 amide bonds. The summed E-state index contributed by atoms with van der Waals surface area (Å²) in [5.41, 5.74) is 1.30. The number of aromatic nitrogens is 2. The lowest BCUT2D eigenvalue weighted by molar-refractivity contribution is -0.118. The number of nitrogens with one attached hydrogen (secondary N) is 2. The zero-order chi connectivity index (χ0) is 20.9. The van der Waals surface area contributed by atoms with E-state index >= 15 is 0 Å². The summed E-state index contributed by atoms with van der Waals surface area (Å²) in [7, 11) is 0. The predicted octanol–water partition coefficient (Wildman–Crippen LogP) is 4.61. The molecule has 1 aromatic heterocycles. The number of benzene rings is 1. The van der Waals surface area contributed by atoms with E-state index < -0.39 is 11.7 Å². The van der Waals surface area contributed by atoms with Gasteiger partial charge in [0.15, 0.2) is 10.9 Å². The molecule has 0 fully saturated rings. The second-order valence-electron chi connectivity index (χ2n) is 8.71. The van der Waals surface area contributed by atoms with Gasteiger partial charge in [-0.1, -0.05) is 57.7 Å². The summed E-state index contributed by atoms with van der Waals surface area (Å²) in [6.45, 7) is 8.11. The molecule has 0 bridgehead atoms. The second-order valence-corrected chi connectivity index (χ2v) is 10.3. The fourth-order valence-corrected chi connectivity index (χ4v) is 4.93. The average molecular weight is 414 g/mol. The number of anilines is 1. The molecule has 1 unspecified atom stereocenters. The van der Waals surface area contributed by atoms with Crippen LogP contribution in [0.25, 0.3) is 0 Å². The Kier molecular flexibility index (Phi) is 4.89. The smallest absolute Gasteiger partial charge is 0.257 e. The van der Waals surface area contributed by atoms with Crippen molar-refractivity contribution in [3.05, 3.63) is 62.8 Å². The molecular formula is C22H24FN3O2S. The van der Waals surface area contributed by atoms with Crippen molar-refractivity contribution in [3.8, 4) is 0 Å². The van der Waals surface area contributed by atoms with Crippen LogP contribution in [0, 0.1) is 11.2 Å². The Bertz CT molecular complexity index is 1090. The van der Waals surface area contributed by atoms with Crippen molar-refractivity contribution < 1.29 is 9.18 Å². The Morgan fingerprint density at radius 1 is 1.21 bits per heavy atom. The van der Waals surface area contributed by atoms with Gasteiger partial charge in [0.05, 0.1) is 11.5 Å². The van der Waals surface area contributed by atoms with E-state index in [9.17, 15) is 14.0 Å². The van der Waals surface area contributed by atoms with Crippen molar-refractivity contribution in [2.75, 3.05) is 5.32 Å². The van der Waals surface area contributed by atoms with Crippen molar-refractivity contribution in [2.45, 2.75) is 56.9 Å². The SMILES string of the molecule is CC(C)Sc1nc2c(c(=O)[nH]1)C(c1ccccc1F)C1=C(CC(C)(C)CC1=O)N2. The summed E-state index contributed by atoms with van der Waals surface area (Å²) in [5, 5.41) is 4.00. The summed E-state index contributed by atoms with van der Waals surface area (Å²) in [6.07, 6.45) is 1.00. The highest BCUT2D eigenvalue weighted by Crippen LogP contribution is 2.48. The number of aromatic amines is 1. The minimum atomic E-state index is -0.764. The topological polar surface area (TPSA) is 74.8 Å². The maximum absolute atomic E-state index is 14.8. The number of hydrogen-bond donors (Lipinski definition) is 2. The third-order valence-electron chi connectivity index (χ3n) is 5.26. The Hall–Kier alpha value is -2.41. The normalized spacial score (nSPS) is 20.3. The van der Waals surface area contributed by atoms with Crippen LogP contribution in [0.4, 0.5) is 10.2 Å². The van der Waals surface area contributed by atoms with Gasteiger partial charge in [-0.2, -0.15) is 0 Å². The van der Waals surface area contributed by atoms with Crippen molar-refractivity contribution in [2.24, 2.45) is 5.41 Å². The average Bonchev–Trinajstić information content (AvgIpc) is 2.58. The van der Waals surface area contributed by atoms with Gasteiger partial charge in [0.1, 0.15) is 11.6 Å². The number of hydrogen-bond acceptors (Lipinski definition) is 5. The minimum absolute atomic E-state index is 0.0531. The largest absolute Gasteiger partial charge is 0.343 e. The van der Waals surface area contributed by atoms with Gasteiger partial charge in [0.2, 0.25) is 0 Å². The number of allylic oxidation sites excluding steroid dienone is 2. The molecule has 2 aromatic rings. The van der Waals surface area contributed by atoms with E-state index in [4.69, 9.17) is 0 Å². The number of carbonyl (C=O) groups is 1. The molecule has 152 valence electrons. The molecule has 5 nitrogen and oxygen atoms in total. The van der Waals surface area contributed by atoms with Crippen LogP contribution in [0.2, 0.25) is 0 Å². The molecule has 2 aliphatic rings. The molecule has 2 N–H and O–H groups in total. The Balaban J connectivity index is 1.96. The van der Waals surface area contributed by atoms with Crippen LogP contribution >= 0.6 is 11.8 Å². The summed E-state index contributed by atoms with van der Waals surface area (Å²) >= 11 is 1.45. The van der Waals surface area contributed by atoms with Gasteiger partial charge in [-0.25, -0.2) is 9.37 Å². The molecule has 1 aromatic carbocycles. The molecule has 7 heteroatoms. The Labute approximate surface area is 173 Å². The van der Waals surface area contributed by atoms with E-state index in [0.29, 0.717) is 40.5 Å². The van der Waals surface area contributed by atoms with Gasteiger partial charge in [-0.3, -0.25) is 9.59 Å². The van der Waals surface area contributed by atoms with E-state index in [2.05, 4.69) is 15.3 Å². The van der Waals surface area contributed by atoms with Gasteiger partial charge >= 0.3 is 0 Å². The second kappa shape index (κ2) is 7.13. The standard InChI is InChI=1S/C22H24FN3O2S/c1-11(2)29-21-25-19-18(20(28)26-21)16(12-7-5-6-8-13(12)23)17-14(24-19)9-22(3,4)10-15(17)27/h5-8,11,16H,9-10H2,1-4H3,(H2,24,25,26,28). The van der Waals surface area contributed by atoms with E-state index in [1.807, 2.05) is 27.7 Å². The summed E-state index contributed by atoms with van der Waals surface area (Å²) in [5.74, 6) is -0.840. The van der Waals surface area contributed by atoms with Crippen LogP contribution < -0.4 is 10.9 Å². The lowest BCUT2D eigenvalue weighted by atomic mass is 9.69. The first-order chi connectivity index (χ1) is 13.7. The minimum Gasteiger partial charge on any atom is -0.343 e. The van der Waals surface area contributed by atoms with Crippen molar-refractivity contribution in [3.63, 3.8) is 0 Å². The fraction of sp³-hybridized carbons (Fsp3) is 0.409. The molecular weight excluding hydrogens is 389 g/mol. The third-order valence-corrected chi connectivity index (χ3v) is 6.15. The Morgan fingerprint density at radius 2 is 1.93 bits per heavy atom. The van der Waals surface area contributed by atoms with Gasteiger partial charge in [-0.05, 0) is 17.9 Å². The van der Waals surface area contributed by atoms with Gasteiger partial charge in [0.25, 0.3) is 5.56 Å². The van der Waals surface area contributed by atoms with E-state index in [-0.39, 0.29) is 22.0 Å². The number of nitrogens with zero attached hydrogens (tertiary/aromatic N) is 1. The van der Waals surface area contributed by atoms with Crippen LogP contribution in [-0.4, -0.2) is 21.0 Å². The summed E-state index contributed by atoms with van der Waals surface area (Å²) < 4.78 is 14.8. The fourth-order valence-electron chi connectivity index (χ4n) is 4.19. The Morgan fingerprint density at radius 3 is 2.62 bits per heavy atom. The number of fused-ring (bicyclic) bond motifs is 1. The van der Waals surface area contributed by atoms with E-state index in [0.717, 1.165) is 5.70 Å². The van der Waals surface area contributed by atoms with Crippen LogP contribution in [0.3, 0.4) is 0 Å². The highest BCUT2D eigenvalue weighted by molar-refractivity contribution is 7.99. The molecule has 29 heavy (non-hydrogen) atoms. The number of halogens is 1. The molecule has 2 heterocycles. The number of thioether (sulfide) groups is 1. The van der Waals surface area contributed by atoms with Crippen molar-refractivity contribution >= 4 is 23.4 Å². The first-order valence-electron chi connectivity index (χ1n) is 9.75. The first-order valence-corrected chi connectivity index (χ1v) is 10.6. The maximum Gasteiger partial charge on any atom is 0.257 e. The summed E-state index contributed by atoms with van der Waals surface area (Å²) in [6, 6.07) is 6.33. The van der Waals surface area contributed by atoms with E-state index in [1.165, 1.54) is 17.8 Å². The van der Waals surface area contributed by atoms with Gasteiger partial charge in [0, 0.05) is 28.5 Å². The molecule has 4 rings (SSSR count). The molecule has 1 aliphatic carbocycles. The van der Waals surface area contributed by atoms with E-state index in [1.54, 1.807) is 18.2 Å². The molecule has 1 aliphatic heterocycles. The molecule has 0 radical (unpaired) electrons. The quantitative estimate of drug-likeness (QED) is 0.568. The molecule has 0 spiro atoms. The number of ketones is 1. The van der Waals surface area contributed by atoms with Gasteiger partial charge in [-0.15, -0.1) is 0 Å². The van der Waals surface area contributed by atoms with Gasteiger partial charge < -0.3 is 10.3 Å². The summed E-state index contributed by atoms with van der Waals surface area (Å²) in [4.78, 5) is 33.6. The van der Waals surface area contributed by atoms with Crippen LogP contribution in [0.15, 0.2) is 45.5 Å². The van der Waals surface area contributed by atoms with Crippen LogP contribution in [-0.2, 0) is 4.79 Å². The molecule has 1 atom stereocenters. The number of carbonyl (C=O) groups excluding carboxylic acids is 1. The zero-order valence-corrected chi connectivity index (χ0v) is 17.7. The van der Waals surface area contributed by atoms with Crippen molar-refractivity contribution in [1.29, 1.82) is 0 Å². The van der Waals surface area contributed by atoms with Crippen molar-refractivity contribution in [1.82, 2.24) is 9.97 Å². The number of Topliss-reactive ketones (excluding diaryl/α,β-unsaturated/α-hetero) is 1. The highest BCUT2D eigenvalue weighted by Gasteiger charge is 2.43. The lowest BCUT2D eigenvalue weighted by Crippen LogP contribution is -2.37. The lowest BCUT2D eigenvalue weighted by Gasteiger charge is -2.38. The predicted molar refractivity (Wildman–Crippen MR) is 113 cm³/mol. The first kappa shape index (κ1) is 19.9. The highest BCUT2D eigenvalue weighted by atomic mass is 32.2. The maximum atomic E-state index is 14.8. The number of rotatable bonds is 3. The van der Waals surface area contributed by atoms with Crippen LogP contribution in [0.5, 0.6) is 0 Å². The third kappa shape index (κ3) is 3.64.